The molecule has 2 aromatic heterocycles. The highest BCUT2D eigenvalue weighted by Gasteiger charge is 2.24. The second-order valence-electron chi connectivity index (χ2n) is 6.05. The summed E-state index contributed by atoms with van der Waals surface area (Å²) in [5.74, 6) is 0. The quantitative estimate of drug-likeness (QED) is 0.901. The summed E-state index contributed by atoms with van der Waals surface area (Å²) in [4.78, 5) is 19.5. The molecule has 24 heavy (non-hydrogen) atoms. The van der Waals surface area contributed by atoms with Gasteiger partial charge in [-0.3, -0.25) is 4.98 Å². The molecule has 3 rings (SSSR count). The first-order valence-electron chi connectivity index (χ1n) is 8.31. The highest BCUT2D eigenvalue weighted by molar-refractivity contribution is 7.10. The molecule has 1 aliphatic rings. The maximum absolute atomic E-state index is 12.4. The zero-order valence-electron chi connectivity index (χ0n) is 13.9. The van der Waals surface area contributed by atoms with E-state index in [-0.39, 0.29) is 18.2 Å². The molecule has 3 heterocycles. The SMILES string of the molecule is CC(NC(=O)N1CCC(OCc2cccnc2)CC1)c1cccs1. The van der Waals surface area contributed by atoms with Crippen LogP contribution in [0.1, 0.15) is 36.2 Å². The van der Waals surface area contributed by atoms with E-state index < -0.39 is 0 Å². The number of hydrogen-bond acceptors (Lipinski definition) is 4. The van der Waals surface area contributed by atoms with Crippen LogP contribution in [0.25, 0.3) is 0 Å². The van der Waals surface area contributed by atoms with Crippen LogP contribution in [-0.4, -0.2) is 35.1 Å². The smallest absolute Gasteiger partial charge is 0.317 e. The minimum Gasteiger partial charge on any atom is -0.373 e. The van der Waals surface area contributed by atoms with E-state index in [1.807, 2.05) is 47.7 Å². The van der Waals surface area contributed by atoms with E-state index in [1.54, 1.807) is 17.5 Å². The monoisotopic (exact) mass is 345 g/mol. The Kier molecular flexibility index (Phi) is 5.82. The molecule has 1 atom stereocenters. The topological polar surface area (TPSA) is 54.5 Å². The number of amides is 2. The first kappa shape index (κ1) is 16.9. The summed E-state index contributed by atoms with van der Waals surface area (Å²) in [5.41, 5.74) is 1.09. The van der Waals surface area contributed by atoms with Gasteiger partial charge in [-0.25, -0.2) is 4.79 Å². The fourth-order valence-corrected chi connectivity index (χ4v) is 3.54. The number of aromatic nitrogens is 1. The number of nitrogens with one attached hydrogen (secondary N) is 1. The first-order chi connectivity index (χ1) is 11.7. The fraction of sp³-hybridized carbons (Fsp3) is 0.444. The zero-order valence-corrected chi connectivity index (χ0v) is 14.7. The number of nitrogens with zero attached hydrogens (tertiary/aromatic N) is 2. The van der Waals surface area contributed by atoms with Crippen LogP contribution in [0.2, 0.25) is 0 Å². The van der Waals surface area contributed by atoms with E-state index in [0.717, 1.165) is 31.5 Å². The number of pyridine rings is 1. The van der Waals surface area contributed by atoms with Gasteiger partial charge in [-0.1, -0.05) is 12.1 Å². The predicted octanol–water partition coefficient (Wildman–Crippen LogP) is 3.59. The summed E-state index contributed by atoms with van der Waals surface area (Å²) in [6.45, 7) is 4.08. The second-order valence-corrected chi connectivity index (χ2v) is 7.02. The van der Waals surface area contributed by atoms with Crippen molar-refractivity contribution in [2.75, 3.05) is 13.1 Å². The summed E-state index contributed by atoms with van der Waals surface area (Å²) in [6.07, 6.45) is 5.55. The Hall–Kier alpha value is -1.92. The van der Waals surface area contributed by atoms with Crippen molar-refractivity contribution < 1.29 is 9.53 Å². The van der Waals surface area contributed by atoms with Gasteiger partial charge in [0.05, 0.1) is 18.8 Å². The van der Waals surface area contributed by atoms with E-state index in [4.69, 9.17) is 4.74 Å². The summed E-state index contributed by atoms with van der Waals surface area (Å²) in [6, 6.07) is 8.06. The Labute approximate surface area is 146 Å². The number of thiophene rings is 1. The summed E-state index contributed by atoms with van der Waals surface area (Å²) >= 11 is 1.67. The number of piperidine rings is 1. The van der Waals surface area contributed by atoms with Crippen LogP contribution >= 0.6 is 11.3 Å². The molecule has 2 aromatic rings. The number of rotatable bonds is 5. The van der Waals surface area contributed by atoms with Crippen LogP contribution in [0.4, 0.5) is 4.79 Å². The number of ether oxygens (including phenoxy) is 1. The lowest BCUT2D eigenvalue weighted by Crippen LogP contribution is -2.46. The van der Waals surface area contributed by atoms with Crippen LogP contribution < -0.4 is 5.32 Å². The Balaban J connectivity index is 1.40. The number of carbonyl (C=O) groups excluding carboxylic acids is 1. The molecular formula is C18H23N3O2S. The molecule has 128 valence electrons. The molecule has 1 saturated heterocycles. The molecule has 1 N–H and O–H groups in total. The van der Waals surface area contributed by atoms with E-state index in [0.29, 0.717) is 6.61 Å². The van der Waals surface area contributed by atoms with E-state index >= 15 is 0 Å². The highest BCUT2D eigenvalue weighted by Crippen LogP contribution is 2.20. The molecule has 2 amide bonds. The largest absolute Gasteiger partial charge is 0.373 e. The molecule has 1 unspecified atom stereocenters. The van der Waals surface area contributed by atoms with Gasteiger partial charge in [-0.2, -0.15) is 0 Å². The van der Waals surface area contributed by atoms with Gasteiger partial charge in [0.15, 0.2) is 0 Å². The normalized spacial score (nSPS) is 16.8. The molecule has 1 aliphatic heterocycles. The van der Waals surface area contributed by atoms with Crippen molar-refractivity contribution in [1.82, 2.24) is 15.2 Å². The third kappa shape index (κ3) is 4.55. The number of carbonyl (C=O) groups is 1. The lowest BCUT2D eigenvalue weighted by molar-refractivity contribution is 0.00422. The van der Waals surface area contributed by atoms with Crippen molar-refractivity contribution >= 4 is 17.4 Å². The fourth-order valence-electron chi connectivity index (χ4n) is 2.81. The Morgan fingerprint density at radius 2 is 2.25 bits per heavy atom. The first-order valence-corrected chi connectivity index (χ1v) is 9.19. The van der Waals surface area contributed by atoms with Crippen molar-refractivity contribution in [1.29, 1.82) is 0 Å². The lowest BCUT2D eigenvalue weighted by atomic mass is 10.1. The minimum atomic E-state index is 0.0154. The molecule has 5 nitrogen and oxygen atoms in total. The highest BCUT2D eigenvalue weighted by atomic mass is 32.1. The van der Waals surface area contributed by atoms with Crippen molar-refractivity contribution in [3.05, 3.63) is 52.5 Å². The van der Waals surface area contributed by atoms with Gasteiger partial charge in [0.1, 0.15) is 0 Å². The minimum absolute atomic E-state index is 0.0154. The Morgan fingerprint density at radius 1 is 1.42 bits per heavy atom. The molecule has 0 bridgehead atoms. The number of urea groups is 1. The standard InChI is InChI=1S/C18H23N3O2S/c1-14(17-5-3-11-24-17)20-18(22)21-9-6-16(7-10-21)23-13-15-4-2-8-19-12-15/h2-5,8,11-12,14,16H,6-7,9-10,13H2,1H3,(H,20,22). The third-order valence-electron chi connectivity index (χ3n) is 4.25. The number of hydrogen-bond donors (Lipinski definition) is 1. The molecule has 0 spiro atoms. The van der Waals surface area contributed by atoms with Crippen molar-refractivity contribution in [2.24, 2.45) is 0 Å². The zero-order chi connectivity index (χ0) is 16.8. The molecule has 6 heteroatoms. The predicted molar refractivity (Wildman–Crippen MR) is 94.9 cm³/mol. The van der Waals surface area contributed by atoms with Crippen molar-refractivity contribution in [3.8, 4) is 0 Å². The Morgan fingerprint density at radius 3 is 2.92 bits per heavy atom. The van der Waals surface area contributed by atoms with Crippen LogP contribution in [0.15, 0.2) is 42.0 Å². The molecule has 0 radical (unpaired) electrons. The molecule has 0 aromatic carbocycles. The maximum atomic E-state index is 12.4. The molecule has 0 aliphatic carbocycles. The second kappa shape index (κ2) is 8.26. The lowest BCUT2D eigenvalue weighted by Gasteiger charge is -2.32. The molecule has 0 saturated carbocycles. The van der Waals surface area contributed by atoms with Gasteiger partial charge in [0.25, 0.3) is 0 Å². The average Bonchev–Trinajstić information content (AvgIpc) is 3.16. The maximum Gasteiger partial charge on any atom is 0.317 e. The van der Waals surface area contributed by atoms with E-state index in [9.17, 15) is 4.79 Å². The van der Waals surface area contributed by atoms with Crippen LogP contribution in [-0.2, 0) is 11.3 Å². The summed E-state index contributed by atoms with van der Waals surface area (Å²) < 4.78 is 5.94. The summed E-state index contributed by atoms with van der Waals surface area (Å²) in [5, 5.41) is 5.10. The van der Waals surface area contributed by atoms with Crippen LogP contribution in [0, 0.1) is 0 Å². The van der Waals surface area contributed by atoms with E-state index in [1.165, 1.54) is 4.88 Å². The third-order valence-corrected chi connectivity index (χ3v) is 5.30. The van der Waals surface area contributed by atoms with Crippen LogP contribution in [0.5, 0.6) is 0 Å². The van der Waals surface area contributed by atoms with Gasteiger partial charge >= 0.3 is 6.03 Å². The summed E-state index contributed by atoms with van der Waals surface area (Å²) in [7, 11) is 0. The van der Waals surface area contributed by atoms with Crippen LogP contribution in [0.3, 0.4) is 0 Å². The van der Waals surface area contributed by atoms with Gasteiger partial charge in [-0.15, -0.1) is 11.3 Å². The Bertz CT molecular complexity index is 625. The van der Waals surface area contributed by atoms with Gasteiger partial charge in [-0.05, 0) is 42.8 Å². The van der Waals surface area contributed by atoms with Crippen molar-refractivity contribution in [2.45, 2.75) is 38.5 Å². The molecule has 1 fully saturated rings. The number of likely N-dealkylation sites (tertiary alicyclic amines) is 1. The van der Waals surface area contributed by atoms with E-state index in [2.05, 4.69) is 10.3 Å². The van der Waals surface area contributed by atoms with Gasteiger partial charge in [0.2, 0.25) is 0 Å². The van der Waals surface area contributed by atoms with Crippen molar-refractivity contribution in [3.63, 3.8) is 0 Å². The molecular weight excluding hydrogens is 322 g/mol. The van der Waals surface area contributed by atoms with Gasteiger partial charge in [0, 0.05) is 30.4 Å². The average molecular weight is 345 g/mol. The van der Waals surface area contributed by atoms with Gasteiger partial charge < -0.3 is 15.0 Å².